The number of fused-ring (bicyclic) bond motifs is 3. The highest BCUT2D eigenvalue weighted by Crippen LogP contribution is 2.30. The summed E-state index contributed by atoms with van der Waals surface area (Å²) in [7, 11) is 0. The summed E-state index contributed by atoms with van der Waals surface area (Å²) in [5, 5.41) is 20.4. The molecule has 142 valence electrons. The molecule has 0 radical (unpaired) electrons. The third kappa shape index (κ3) is 2.46. The number of nitro groups is 1. The van der Waals surface area contributed by atoms with Crippen molar-refractivity contribution in [2.24, 2.45) is 0 Å². The highest BCUT2D eigenvalue weighted by atomic mass is 16.7. The van der Waals surface area contributed by atoms with Gasteiger partial charge in [0.15, 0.2) is 0 Å². The Hall–Kier alpha value is -4.22. The highest BCUT2D eigenvalue weighted by Gasteiger charge is 2.23. The summed E-state index contributed by atoms with van der Waals surface area (Å²) in [4.78, 5) is 44.8. The largest absolute Gasteiger partial charge is 0.512 e. The van der Waals surface area contributed by atoms with Gasteiger partial charge in [-0.25, -0.2) is 9.78 Å². The molecule has 0 spiro atoms. The first-order chi connectivity index (χ1) is 13.3. The minimum atomic E-state index is -1.57. The Morgan fingerprint density at radius 1 is 1.36 bits per heavy atom. The maximum atomic E-state index is 12.4. The first-order valence-corrected chi connectivity index (χ1v) is 7.92. The predicted molar refractivity (Wildman–Crippen MR) is 95.2 cm³/mol. The van der Waals surface area contributed by atoms with E-state index < -0.39 is 16.6 Å². The van der Waals surface area contributed by atoms with E-state index in [1.807, 2.05) is 0 Å². The fourth-order valence-corrected chi connectivity index (χ4v) is 3.11. The van der Waals surface area contributed by atoms with Crippen LogP contribution >= 0.6 is 0 Å². The lowest BCUT2D eigenvalue weighted by atomic mass is 10.2. The quantitative estimate of drug-likeness (QED) is 0.308. The minimum Gasteiger partial charge on any atom is -0.449 e. The standard InChI is InChI=1S/C16H12N6O6/c1-7-15(28-16(24)25)19-13-14(23)18-9-5-12(22(26)27)11(6-10(9)21(7)13)20-4-3-17-8(20)2/h3-6H,1-2H3,(H,18,23)(H,24,25). The zero-order valence-electron chi connectivity index (χ0n) is 14.5. The maximum Gasteiger partial charge on any atom is 0.512 e. The van der Waals surface area contributed by atoms with Crippen LogP contribution in [0.25, 0.3) is 22.4 Å². The van der Waals surface area contributed by atoms with Crippen LogP contribution in [-0.4, -0.2) is 40.1 Å². The van der Waals surface area contributed by atoms with E-state index in [4.69, 9.17) is 5.11 Å². The molecule has 0 fully saturated rings. The van der Waals surface area contributed by atoms with Crippen LogP contribution in [0.3, 0.4) is 0 Å². The summed E-state index contributed by atoms with van der Waals surface area (Å²) in [5.41, 5.74) is 0.0930. The van der Waals surface area contributed by atoms with Gasteiger partial charge in [-0.2, -0.15) is 4.98 Å². The van der Waals surface area contributed by atoms with Crippen LogP contribution in [0, 0.1) is 24.0 Å². The second-order valence-electron chi connectivity index (χ2n) is 5.94. The molecule has 3 aromatic heterocycles. The molecule has 28 heavy (non-hydrogen) atoms. The van der Waals surface area contributed by atoms with E-state index in [0.29, 0.717) is 11.3 Å². The van der Waals surface area contributed by atoms with Crippen LogP contribution in [0.15, 0.2) is 29.3 Å². The zero-order valence-corrected chi connectivity index (χ0v) is 14.5. The summed E-state index contributed by atoms with van der Waals surface area (Å²) in [5.74, 6) is 0.282. The number of hydrogen-bond acceptors (Lipinski definition) is 7. The van der Waals surface area contributed by atoms with E-state index in [0.717, 1.165) is 0 Å². The Bertz CT molecular complexity index is 1350. The van der Waals surface area contributed by atoms with Gasteiger partial charge in [0.05, 0.1) is 21.7 Å². The molecule has 0 saturated heterocycles. The Kier molecular flexibility index (Phi) is 3.63. The van der Waals surface area contributed by atoms with Crippen molar-refractivity contribution in [3.05, 3.63) is 56.5 Å². The second-order valence-corrected chi connectivity index (χ2v) is 5.94. The average Bonchev–Trinajstić information content (AvgIpc) is 3.18. The van der Waals surface area contributed by atoms with Gasteiger partial charge in [-0.15, -0.1) is 0 Å². The average molecular weight is 384 g/mol. The lowest BCUT2D eigenvalue weighted by Gasteiger charge is -2.10. The number of ether oxygens (including phenoxy) is 1. The zero-order chi connectivity index (χ0) is 20.2. The van der Waals surface area contributed by atoms with Gasteiger partial charge in [-0.05, 0) is 19.9 Å². The topological polar surface area (TPSA) is 158 Å². The van der Waals surface area contributed by atoms with Gasteiger partial charge in [0, 0.05) is 18.5 Å². The van der Waals surface area contributed by atoms with Crippen LogP contribution in [0.1, 0.15) is 11.5 Å². The lowest BCUT2D eigenvalue weighted by molar-refractivity contribution is -0.384. The van der Waals surface area contributed by atoms with Crippen molar-refractivity contribution in [1.82, 2.24) is 23.9 Å². The Balaban J connectivity index is 2.14. The van der Waals surface area contributed by atoms with Crippen LogP contribution in [-0.2, 0) is 0 Å². The van der Waals surface area contributed by atoms with Crippen molar-refractivity contribution >= 4 is 28.5 Å². The maximum absolute atomic E-state index is 12.4. The van der Waals surface area contributed by atoms with Gasteiger partial charge in [0.25, 0.3) is 11.2 Å². The number of imidazole rings is 2. The van der Waals surface area contributed by atoms with E-state index in [1.54, 1.807) is 13.1 Å². The first-order valence-electron chi connectivity index (χ1n) is 7.92. The molecule has 0 atom stereocenters. The predicted octanol–water partition coefficient (Wildman–Crippen LogP) is 1.94. The van der Waals surface area contributed by atoms with Crippen LogP contribution in [0.2, 0.25) is 0 Å². The molecule has 0 amide bonds. The van der Waals surface area contributed by atoms with E-state index in [-0.39, 0.29) is 34.1 Å². The normalized spacial score (nSPS) is 11.2. The summed E-state index contributed by atoms with van der Waals surface area (Å²) in [6.45, 7) is 3.22. The number of nitrogens with one attached hydrogen (secondary N) is 1. The van der Waals surface area contributed by atoms with E-state index in [9.17, 15) is 19.7 Å². The smallest absolute Gasteiger partial charge is 0.449 e. The third-order valence-corrected chi connectivity index (χ3v) is 4.32. The third-order valence-electron chi connectivity index (χ3n) is 4.32. The molecule has 0 unspecified atom stereocenters. The Morgan fingerprint density at radius 3 is 2.71 bits per heavy atom. The number of H-pyrrole nitrogens is 1. The van der Waals surface area contributed by atoms with Crippen LogP contribution in [0.5, 0.6) is 5.88 Å². The molecule has 0 aliphatic heterocycles. The van der Waals surface area contributed by atoms with Crippen molar-refractivity contribution in [3.63, 3.8) is 0 Å². The number of aromatic amines is 1. The molecule has 12 nitrogen and oxygen atoms in total. The van der Waals surface area contributed by atoms with Crippen molar-refractivity contribution in [2.45, 2.75) is 13.8 Å². The lowest BCUT2D eigenvalue weighted by Crippen LogP contribution is -2.12. The Labute approximate surface area is 154 Å². The molecule has 2 N–H and O–H groups in total. The van der Waals surface area contributed by atoms with Crippen molar-refractivity contribution < 1.29 is 19.6 Å². The number of benzene rings is 1. The molecular weight excluding hydrogens is 372 g/mol. The highest BCUT2D eigenvalue weighted by molar-refractivity contribution is 5.84. The van der Waals surface area contributed by atoms with Crippen molar-refractivity contribution in [3.8, 4) is 11.6 Å². The van der Waals surface area contributed by atoms with Gasteiger partial charge in [-0.1, -0.05) is 0 Å². The molecule has 1 aromatic carbocycles. The van der Waals surface area contributed by atoms with E-state index in [1.165, 1.54) is 34.2 Å². The van der Waals surface area contributed by atoms with E-state index >= 15 is 0 Å². The fourth-order valence-electron chi connectivity index (χ4n) is 3.11. The minimum absolute atomic E-state index is 0.0941. The fraction of sp³-hybridized carbons (Fsp3) is 0.125. The van der Waals surface area contributed by atoms with Gasteiger partial charge < -0.3 is 14.8 Å². The number of nitro benzene ring substituents is 1. The molecule has 4 rings (SSSR count). The van der Waals surface area contributed by atoms with Crippen LogP contribution in [0.4, 0.5) is 10.5 Å². The summed E-state index contributed by atoms with van der Waals surface area (Å²) >= 11 is 0. The van der Waals surface area contributed by atoms with Gasteiger partial charge in [-0.3, -0.25) is 23.9 Å². The molecule has 12 heteroatoms. The van der Waals surface area contributed by atoms with E-state index in [2.05, 4.69) is 19.7 Å². The monoisotopic (exact) mass is 384 g/mol. The first kappa shape index (κ1) is 17.2. The number of hydrogen-bond donors (Lipinski definition) is 2. The molecule has 3 heterocycles. The molecular formula is C16H12N6O6. The van der Waals surface area contributed by atoms with Gasteiger partial charge in [0.2, 0.25) is 11.5 Å². The summed E-state index contributed by atoms with van der Waals surface area (Å²) in [6, 6.07) is 2.74. The molecule has 0 aliphatic rings. The SMILES string of the molecule is Cc1nccn1-c1cc2c(cc1[N+](=O)[O-])[nH]c(=O)c1nc(OC(=O)O)c(C)n12. The molecule has 0 saturated carbocycles. The van der Waals surface area contributed by atoms with Gasteiger partial charge in [0.1, 0.15) is 11.5 Å². The second kappa shape index (κ2) is 5.90. The van der Waals surface area contributed by atoms with Crippen LogP contribution < -0.4 is 10.3 Å². The number of rotatable bonds is 3. The molecule has 4 aromatic rings. The van der Waals surface area contributed by atoms with Crippen molar-refractivity contribution in [2.75, 3.05) is 0 Å². The number of aromatic nitrogens is 5. The molecule has 0 aliphatic carbocycles. The summed E-state index contributed by atoms with van der Waals surface area (Å²) < 4.78 is 7.56. The number of carboxylic acid groups (broad SMARTS) is 1. The number of aryl methyl sites for hydroxylation is 2. The van der Waals surface area contributed by atoms with Crippen molar-refractivity contribution in [1.29, 1.82) is 0 Å². The number of nitrogens with zero attached hydrogens (tertiary/aromatic N) is 5. The number of carbonyl (C=O) groups is 1. The summed E-state index contributed by atoms with van der Waals surface area (Å²) in [6.07, 6.45) is 1.51. The Morgan fingerprint density at radius 2 is 2.11 bits per heavy atom. The molecule has 0 bridgehead atoms. The van der Waals surface area contributed by atoms with Gasteiger partial charge >= 0.3 is 6.16 Å².